The van der Waals surface area contributed by atoms with E-state index in [9.17, 15) is 4.79 Å². The molecule has 0 bridgehead atoms. The maximum atomic E-state index is 12.5. The zero-order chi connectivity index (χ0) is 16.4. The van der Waals surface area contributed by atoms with Gasteiger partial charge < -0.3 is 15.0 Å². The topological polar surface area (TPSA) is 80.2 Å². The van der Waals surface area contributed by atoms with Crippen LogP contribution < -0.4 is 5.32 Å². The standard InChI is InChI=1S/C17H19N5O2/c23-17(12-4-5-12)22-9-10-24-11-13(22)16-19-8-6-15(21-16)20-14-3-1-2-7-18-14/h1-3,6-8,12-13H,4-5,9-11H2,(H,18,19,20,21). The Kier molecular flexibility index (Phi) is 4.08. The number of rotatable bonds is 4. The summed E-state index contributed by atoms with van der Waals surface area (Å²) in [6.45, 7) is 1.60. The summed E-state index contributed by atoms with van der Waals surface area (Å²) in [6.07, 6.45) is 5.40. The van der Waals surface area contributed by atoms with Crippen molar-refractivity contribution in [2.75, 3.05) is 25.1 Å². The molecule has 2 fully saturated rings. The SMILES string of the molecule is O=C(C1CC1)N1CCOCC1c1nccc(Nc2ccccn2)n1. The zero-order valence-corrected chi connectivity index (χ0v) is 13.3. The number of anilines is 2. The number of hydrogen-bond donors (Lipinski definition) is 1. The van der Waals surface area contributed by atoms with E-state index in [1.54, 1.807) is 18.5 Å². The van der Waals surface area contributed by atoms with Gasteiger partial charge in [-0.3, -0.25) is 4.79 Å². The molecule has 1 saturated heterocycles. The van der Waals surface area contributed by atoms with Gasteiger partial charge in [0.2, 0.25) is 5.91 Å². The second-order valence-corrected chi connectivity index (χ2v) is 6.04. The number of hydrogen-bond acceptors (Lipinski definition) is 6. The molecule has 0 aromatic carbocycles. The summed E-state index contributed by atoms with van der Waals surface area (Å²) in [6, 6.07) is 7.20. The Morgan fingerprint density at radius 1 is 1.17 bits per heavy atom. The van der Waals surface area contributed by atoms with Crippen LogP contribution in [0, 0.1) is 5.92 Å². The first kappa shape index (κ1) is 15.0. The first-order chi connectivity index (χ1) is 11.8. The number of amides is 1. The van der Waals surface area contributed by atoms with Gasteiger partial charge in [0.15, 0.2) is 5.82 Å². The van der Waals surface area contributed by atoms with Crippen molar-refractivity contribution in [3.05, 3.63) is 42.5 Å². The lowest BCUT2D eigenvalue weighted by Gasteiger charge is -2.34. The lowest BCUT2D eigenvalue weighted by molar-refractivity contribution is -0.141. The Hall–Kier alpha value is -2.54. The first-order valence-corrected chi connectivity index (χ1v) is 8.20. The Bertz CT molecular complexity index is 720. The Labute approximate surface area is 140 Å². The van der Waals surface area contributed by atoms with Crippen LogP contribution >= 0.6 is 0 Å². The third-order valence-corrected chi connectivity index (χ3v) is 4.23. The van der Waals surface area contributed by atoms with Gasteiger partial charge in [0.25, 0.3) is 0 Å². The van der Waals surface area contributed by atoms with Crippen molar-refractivity contribution in [3.8, 4) is 0 Å². The molecule has 0 radical (unpaired) electrons. The molecule has 1 amide bonds. The molecule has 1 saturated carbocycles. The lowest BCUT2D eigenvalue weighted by Crippen LogP contribution is -2.44. The molecule has 124 valence electrons. The van der Waals surface area contributed by atoms with Crippen LogP contribution in [0.2, 0.25) is 0 Å². The Morgan fingerprint density at radius 3 is 2.88 bits per heavy atom. The van der Waals surface area contributed by atoms with Gasteiger partial charge in [0, 0.05) is 24.9 Å². The summed E-state index contributed by atoms with van der Waals surface area (Å²) >= 11 is 0. The second kappa shape index (κ2) is 6.52. The van der Waals surface area contributed by atoms with E-state index in [2.05, 4.69) is 20.3 Å². The largest absolute Gasteiger partial charge is 0.377 e. The second-order valence-electron chi connectivity index (χ2n) is 6.04. The Balaban J connectivity index is 1.55. The summed E-state index contributed by atoms with van der Waals surface area (Å²) in [5, 5.41) is 3.16. The van der Waals surface area contributed by atoms with Crippen LogP contribution in [0.3, 0.4) is 0 Å². The first-order valence-electron chi connectivity index (χ1n) is 8.20. The van der Waals surface area contributed by atoms with Gasteiger partial charge in [0.05, 0.1) is 13.2 Å². The summed E-state index contributed by atoms with van der Waals surface area (Å²) in [4.78, 5) is 27.6. The quantitative estimate of drug-likeness (QED) is 0.925. The van der Waals surface area contributed by atoms with E-state index in [1.807, 2.05) is 23.1 Å². The number of carbonyl (C=O) groups excluding carboxylic acids is 1. The monoisotopic (exact) mass is 325 g/mol. The smallest absolute Gasteiger partial charge is 0.226 e. The molecule has 3 heterocycles. The highest BCUT2D eigenvalue weighted by molar-refractivity contribution is 5.81. The molecule has 1 N–H and O–H groups in total. The predicted molar refractivity (Wildman–Crippen MR) is 87.5 cm³/mol. The van der Waals surface area contributed by atoms with E-state index in [1.165, 1.54) is 0 Å². The summed E-state index contributed by atoms with van der Waals surface area (Å²) < 4.78 is 5.57. The lowest BCUT2D eigenvalue weighted by atomic mass is 10.2. The molecule has 2 aromatic heterocycles. The minimum atomic E-state index is -0.225. The number of nitrogens with one attached hydrogen (secondary N) is 1. The zero-order valence-electron chi connectivity index (χ0n) is 13.3. The molecule has 1 aliphatic heterocycles. The van der Waals surface area contributed by atoms with E-state index >= 15 is 0 Å². The van der Waals surface area contributed by atoms with Gasteiger partial charge in [-0.1, -0.05) is 6.07 Å². The summed E-state index contributed by atoms with van der Waals surface area (Å²) in [5.74, 6) is 2.36. The molecule has 1 atom stereocenters. The molecule has 4 rings (SSSR count). The van der Waals surface area contributed by atoms with Crippen molar-refractivity contribution >= 4 is 17.5 Å². The minimum absolute atomic E-state index is 0.181. The van der Waals surface area contributed by atoms with Crippen molar-refractivity contribution < 1.29 is 9.53 Å². The number of pyridine rings is 1. The molecular weight excluding hydrogens is 306 g/mol. The fourth-order valence-corrected chi connectivity index (χ4v) is 2.82. The Morgan fingerprint density at radius 2 is 2.08 bits per heavy atom. The van der Waals surface area contributed by atoms with Crippen LogP contribution in [0.1, 0.15) is 24.7 Å². The van der Waals surface area contributed by atoms with E-state index in [0.717, 1.165) is 12.8 Å². The van der Waals surface area contributed by atoms with Gasteiger partial charge in [-0.15, -0.1) is 0 Å². The molecule has 2 aliphatic rings. The van der Waals surface area contributed by atoms with Gasteiger partial charge in [0.1, 0.15) is 17.7 Å². The highest BCUT2D eigenvalue weighted by atomic mass is 16.5. The summed E-state index contributed by atoms with van der Waals surface area (Å²) in [7, 11) is 0. The predicted octanol–water partition coefficient (Wildman–Crippen LogP) is 1.93. The third-order valence-electron chi connectivity index (χ3n) is 4.23. The average molecular weight is 325 g/mol. The van der Waals surface area contributed by atoms with E-state index in [4.69, 9.17) is 4.74 Å². The molecule has 7 heteroatoms. The van der Waals surface area contributed by atoms with E-state index in [0.29, 0.717) is 37.2 Å². The van der Waals surface area contributed by atoms with Crippen molar-refractivity contribution in [2.45, 2.75) is 18.9 Å². The summed E-state index contributed by atoms with van der Waals surface area (Å²) in [5.41, 5.74) is 0. The normalized spacial score (nSPS) is 20.7. The van der Waals surface area contributed by atoms with Gasteiger partial charge in [-0.2, -0.15) is 0 Å². The van der Waals surface area contributed by atoms with Crippen molar-refractivity contribution in [3.63, 3.8) is 0 Å². The molecule has 2 aromatic rings. The minimum Gasteiger partial charge on any atom is -0.377 e. The van der Waals surface area contributed by atoms with Crippen molar-refractivity contribution in [2.24, 2.45) is 5.92 Å². The van der Waals surface area contributed by atoms with E-state index in [-0.39, 0.29) is 17.9 Å². The van der Waals surface area contributed by atoms with Crippen LogP contribution in [0.15, 0.2) is 36.7 Å². The maximum absolute atomic E-state index is 12.5. The van der Waals surface area contributed by atoms with Crippen LogP contribution in [0.25, 0.3) is 0 Å². The number of aromatic nitrogens is 3. The maximum Gasteiger partial charge on any atom is 0.226 e. The van der Waals surface area contributed by atoms with Crippen LogP contribution in [-0.4, -0.2) is 45.5 Å². The molecule has 1 aliphatic carbocycles. The van der Waals surface area contributed by atoms with Gasteiger partial charge in [-0.25, -0.2) is 15.0 Å². The fraction of sp³-hybridized carbons (Fsp3) is 0.412. The number of nitrogens with zero attached hydrogens (tertiary/aromatic N) is 4. The van der Waals surface area contributed by atoms with Crippen LogP contribution in [0.4, 0.5) is 11.6 Å². The molecule has 1 unspecified atom stereocenters. The van der Waals surface area contributed by atoms with Gasteiger partial charge in [-0.05, 0) is 31.0 Å². The van der Waals surface area contributed by atoms with Crippen molar-refractivity contribution in [1.82, 2.24) is 19.9 Å². The molecule has 0 spiro atoms. The fourth-order valence-electron chi connectivity index (χ4n) is 2.82. The average Bonchev–Trinajstić information content (AvgIpc) is 3.47. The van der Waals surface area contributed by atoms with Crippen LogP contribution in [-0.2, 0) is 9.53 Å². The van der Waals surface area contributed by atoms with Gasteiger partial charge >= 0.3 is 0 Å². The van der Waals surface area contributed by atoms with Crippen LogP contribution in [0.5, 0.6) is 0 Å². The number of carbonyl (C=O) groups is 1. The highest BCUT2D eigenvalue weighted by Gasteiger charge is 2.39. The molecule has 7 nitrogen and oxygen atoms in total. The number of morpholine rings is 1. The number of ether oxygens (including phenoxy) is 1. The third kappa shape index (κ3) is 3.21. The molecule has 24 heavy (non-hydrogen) atoms. The van der Waals surface area contributed by atoms with Crippen molar-refractivity contribution in [1.29, 1.82) is 0 Å². The van der Waals surface area contributed by atoms with E-state index < -0.39 is 0 Å². The molecular formula is C17H19N5O2. The highest BCUT2D eigenvalue weighted by Crippen LogP contribution is 2.34.